The summed E-state index contributed by atoms with van der Waals surface area (Å²) in [5.74, 6) is 0.852. The molecule has 1 aliphatic rings. The minimum atomic E-state index is -3.29. The molecule has 1 aliphatic heterocycles. The zero-order chi connectivity index (χ0) is 16.6. The van der Waals surface area contributed by atoms with Gasteiger partial charge in [-0.05, 0) is 38.5 Å². The molecule has 124 valence electrons. The van der Waals surface area contributed by atoms with Crippen molar-refractivity contribution in [1.82, 2.24) is 4.98 Å². The molecule has 8 heteroatoms. The number of benzene rings is 1. The third-order valence-electron chi connectivity index (χ3n) is 3.84. The van der Waals surface area contributed by atoms with Gasteiger partial charge in [-0.1, -0.05) is 0 Å². The number of halogens is 1. The minimum Gasteiger partial charge on any atom is -0.444 e. The second-order valence-corrected chi connectivity index (χ2v) is 7.52. The van der Waals surface area contributed by atoms with Crippen molar-refractivity contribution >= 4 is 21.4 Å². The summed E-state index contributed by atoms with van der Waals surface area (Å²) in [6.07, 6.45) is 0.581. The molecule has 0 aliphatic carbocycles. The number of hydrogen-bond acceptors (Lipinski definition) is 5. The highest BCUT2D eigenvalue weighted by Gasteiger charge is 2.28. The van der Waals surface area contributed by atoms with E-state index in [-0.39, 0.29) is 18.0 Å². The van der Waals surface area contributed by atoms with E-state index < -0.39 is 15.8 Å². The molecule has 0 amide bonds. The van der Waals surface area contributed by atoms with E-state index in [0.717, 1.165) is 11.5 Å². The van der Waals surface area contributed by atoms with Gasteiger partial charge >= 0.3 is 0 Å². The van der Waals surface area contributed by atoms with Crippen molar-refractivity contribution in [2.45, 2.75) is 26.8 Å². The highest BCUT2D eigenvalue weighted by atomic mass is 32.2. The van der Waals surface area contributed by atoms with Gasteiger partial charge in [0.1, 0.15) is 11.6 Å². The number of anilines is 2. The lowest BCUT2D eigenvalue weighted by Gasteiger charge is -2.18. The second kappa shape index (κ2) is 5.84. The van der Waals surface area contributed by atoms with Crippen LogP contribution in [0.15, 0.2) is 22.6 Å². The van der Waals surface area contributed by atoms with Crippen LogP contribution in [0.3, 0.4) is 0 Å². The summed E-state index contributed by atoms with van der Waals surface area (Å²) >= 11 is 0. The molecular formula is C15H18FN3O3S. The molecule has 3 rings (SSSR count). The number of nitrogens with one attached hydrogen (secondary N) is 1. The smallest absolute Gasteiger partial charge is 0.235 e. The van der Waals surface area contributed by atoms with Gasteiger partial charge < -0.3 is 9.73 Å². The SMILES string of the molecule is Cc1nc(CNc2cc(N3CCCS3(=O)=O)ccc2F)oc1C. The van der Waals surface area contributed by atoms with Crippen LogP contribution in [0.4, 0.5) is 15.8 Å². The predicted octanol–water partition coefficient (Wildman–Crippen LogP) is 2.58. The quantitative estimate of drug-likeness (QED) is 0.926. The van der Waals surface area contributed by atoms with E-state index in [1.165, 1.54) is 22.5 Å². The lowest BCUT2D eigenvalue weighted by atomic mass is 10.2. The second-order valence-electron chi connectivity index (χ2n) is 5.51. The molecule has 1 N–H and O–H groups in total. The summed E-state index contributed by atoms with van der Waals surface area (Å²) in [5.41, 5.74) is 1.48. The van der Waals surface area contributed by atoms with Crippen LogP contribution >= 0.6 is 0 Å². The van der Waals surface area contributed by atoms with Gasteiger partial charge in [0.05, 0.1) is 29.4 Å². The van der Waals surface area contributed by atoms with Crippen LogP contribution < -0.4 is 9.62 Å². The Morgan fingerprint density at radius 2 is 2.17 bits per heavy atom. The maximum Gasteiger partial charge on any atom is 0.235 e. The van der Waals surface area contributed by atoms with E-state index in [0.29, 0.717) is 24.5 Å². The number of rotatable bonds is 4. The first kappa shape index (κ1) is 15.8. The Hall–Kier alpha value is -2.09. The van der Waals surface area contributed by atoms with Crippen LogP contribution in [0.1, 0.15) is 23.8 Å². The molecule has 0 bridgehead atoms. The highest BCUT2D eigenvalue weighted by molar-refractivity contribution is 7.93. The van der Waals surface area contributed by atoms with Gasteiger partial charge in [-0.3, -0.25) is 4.31 Å². The molecular weight excluding hydrogens is 321 g/mol. The fraction of sp³-hybridized carbons (Fsp3) is 0.400. The number of nitrogens with zero attached hydrogens (tertiary/aromatic N) is 2. The van der Waals surface area contributed by atoms with Gasteiger partial charge in [0.25, 0.3) is 0 Å². The average Bonchev–Trinajstić information content (AvgIpc) is 3.00. The summed E-state index contributed by atoms with van der Waals surface area (Å²) in [7, 11) is -3.29. The van der Waals surface area contributed by atoms with Crippen molar-refractivity contribution in [2.75, 3.05) is 21.9 Å². The summed E-state index contributed by atoms with van der Waals surface area (Å²) in [5, 5.41) is 2.91. The van der Waals surface area contributed by atoms with Crippen LogP contribution in [0.25, 0.3) is 0 Å². The minimum absolute atomic E-state index is 0.127. The maximum atomic E-state index is 14.0. The molecule has 6 nitrogen and oxygen atoms in total. The Labute approximate surface area is 134 Å². The fourth-order valence-corrected chi connectivity index (χ4v) is 4.08. The molecule has 0 saturated carbocycles. The monoisotopic (exact) mass is 339 g/mol. The molecule has 1 aromatic heterocycles. The molecule has 1 fully saturated rings. The summed E-state index contributed by atoms with van der Waals surface area (Å²) in [6.45, 7) is 4.29. The normalized spacial score (nSPS) is 16.7. The van der Waals surface area contributed by atoms with Crippen molar-refractivity contribution in [3.8, 4) is 0 Å². The van der Waals surface area contributed by atoms with Gasteiger partial charge in [0.15, 0.2) is 0 Å². The van der Waals surface area contributed by atoms with E-state index >= 15 is 0 Å². The van der Waals surface area contributed by atoms with E-state index in [4.69, 9.17) is 4.42 Å². The fourth-order valence-electron chi connectivity index (χ4n) is 2.52. The largest absolute Gasteiger partial charge is 0.444 e. The number of aryl methyl sites for hydroxylation is 2. The standard InChI is InChI=1S/C15H18FN3O3S/c1-10-11(2)22-15(18-10)9-17-14-8-12(4-5-13(14)16)19-6-3-7-23(19,20)21/h4-5,8,17H,3,6-7,9H2,1-2H3. The van der Waals surface area contributed by atoms with Gasteiger partial charge in [-0.15, -0.1) is 0 Å². The summed E-state index contributed by atoms with van der Waals surface area (Å²) < 4.78 is 44.6. The van der Waals surface area contributed by atoms with Gasteiger partial charge in [0.2, 0.25) is 15.9 Å². The van der Waals surface area contributed by atoms with Gasteiger partial charge in [-0.2, -0.15) is 0 Å². The van der Waals surface area contributed by atoms with Crippen LogP contribution in [0.2, 0.25) is 0 Å². The van der Waals surface area contributed by atoms with Crippen molar-refractivity contribution in [3.63, 3.8) is 0 Å². The maximum absolute atomic E-state index is 14.0. The van der Waals surface area contributed by atoms with Crippen LogP contribution in [0.5, 0.6) is 0 Å². The first-order valence-electron chi connectivity index (χ1n) is 7.33. The average molecular weight is 339 g/mol. The molecule has 2 heterocycles. The predicted molar refractivity (Wildman–Crippen MR) is 85.5 cm³/mol. The lowest BCUT2D eigenvalue weighted by Crippen LogP contribution is -2.25. The van der Waals surface area contributed by atoms with Crippen molar-refractivity contribution < 1.29 is 17.2 Å². The summed E-state index contributed by atoms with van der Waals surface area (Å²) in [4.78, 5) is 4.22. The molecule has 0 unspecified atom stereocenters. The van der Waals surface area contributed by atoms with Crippen LogP contribution in [-0.4, -0.2) is 25.7 Å². The zero-order valence-electron chi connectivity index (χ0n) is 13.0. The van der Waals surface area contributed by atoms with Gasteiger partial charge in [0, 0.05) is 6.54 Å². The molecule has 1 aromatic carbocycles. The van der Waals surface area contributed by atoms with Crippen molar-refractivity contribution in [3.05, 3.63) is 41.4 Å². The first-order chi connectivity index (χ1) is 10.9. The van der Waals surface area contributed by atoms with E-state index in [2.05, 4.69) is 10.3 Å². The molecule has 0 atom stereocenters. The molecule has 0 radical (unpaired) electrons. The summed E-state index contributed by atoms with van der Waals surface area (Å²) in [6, 6.07) is 4.24. The van der Waals surface area contributed by atoms with Crippen molar-refractivity contribution in [2.24, 2.45) is 0 Å². The van der Waals surface area contributed by atoms with Crippen LogP contribution in [-0.2, 0) is 16.6 Å². The lowest BCUT2D eigenvalue weighted by molar-refractivity contribution is 0.478. The van der Waals surface area contributed by atoms with Crippen LogP contribution in [0, 0.1) is 19.7 Å². The molecule has 0 spiro atoms. The Kier molecular flexibility index (Phi) is 4.01. The number of aromatic nitrogens is 1. The molecule has 1 saturated heterocycles. The van der Waals surface area contributed by atoms with E-state index in [1.54, 1.807) is 0 Å². The zero-order valence-corrected chi connectivity index (χ0v) is 13.8. The van der Waals surface area contributed by atoms with E-state index in [1.807, 2.05) is 13.8 Å². The Bertz CT molecular complexity index is 813. The Balaban J connectivity index is 1.81. The number of oxazole rings is 1. The Morgan fingerprint density at radius 3 is 2.78 bits per heavy atom. The molecule has 23 heavy (non-hydrogen) atoms. The number of sulfonamides is 1. The van der Waals surface area contributed by atoms with Gasteiger partial charge in [-0.25, -0.2) is 17.8 Å². The Morgan fingerprint density at radius 1 is 1.39 bits per heavy atom. The molecule has 2 aromatic rings. The van der Waals surface area contributed by atoms with Crippen molar-refractivity contribution in [1.29, 1.82) is 0 Å². The highest BCUT2D eigenvalue weighted by Crippen LogP contribution is 2.28. The van der Waals surface area contributed by atoms with E-state index in [9.17, 15) is 12.8 Å². The third kappa shape index (κ3) is 3.17. The number of hydrogen-bond donors (Lipinski definition) is 1. The first-order valence-corrected chi connectivity index (χ1v) is 8.94. The third-order valence-corrected chi connectivity index (χ3v) is 5.71. The topological polar surface area (TPSA) is 75.4 Å².